The number of morpholine rings is 1. The van der Waals surface area contributed by atoms with E-state index in [2.05, 4.69) is 32.7 Å². The first-order chi connectivity index (χ1) is 7.70. The van der Waals surface area contributed by atoms with Crippen molar-refractivity contribution in [2.24, 2.45) is 0 Å². The Kier molecular flexibility index (Phi) is 4.05. The number of alkyl halides is 1. The molecule has 0 bridgehead atoms. The van der Waals surface area contributed by atoms with Crippen molar-refractivity contribution in [3.8, 4) is 0 Å². The van der Waals surface area contributed by atoms with Crippen molar-refractivity contribution in [2.45, 2.75) is 19.1 Å². The molecule has 1 aliphatic rings. The molecular weight excluding hydrogens is 291 g/mol. The van der Waals surface area contributed by atoms with Gasteiger partial charge in [0.25, 0.3) is 0 Å². The second-order valence-corrected chi connectivity index (χ2v) is 5.17. The fourth-order valence-corrected chi connectivity index (χ4v) is 2.19. The van der Waals surface area contributed by atoms with Gasteiger partial charge in [0, 0.05) is 17.2 Å². The molecule has 5 heteroatoms. The quantitative estimate of drug-likeness (QED) is 0.786. The number of aromatic nitrogens is 1. The van der Waals surface area contributed by atoms with E-state index in [1.807, 2.05) is 18.3 Å². The molecule has 2 atom stereocenters. The van der Waals surface area contributed by atoms with Crippen LogP contribution in [0.2, 0.25) is 0 Å². The third-order valence-corrected chi connectivity index (χ3v) is 3.50. The zero-order valence-corrected chi connectivity index (χ0v) is 11.4. The summed E-state index contributed by atoms with van der Waals surface area (Å²) in [6, 6.07) is 4.35. The molecule has 0 spiro atoms. The molecule has 1 aliphatic heterocycles. The number of hydrogen-bond donors (Lipinski definition) is 0. The van der Waals surface area contributed by atoms with E-state index in [1.165, 1.54) is 0 Å². The van der Waals surface area contributed by atoms with Crippen molar-refractivity contribution >= 4 is 33.3 Å². The Balaban J connectivity index is 2.14. The van der Waals surface area contributed by atoms with Crippen molar-refractivity contribution in [3.63, 3.8) is 0 Å². The van der Waals surface area contributed by atoms with Gasteiger partial charge in [-0.15, -0.1) is 11.6 Å². The number of ether oxygens (including phenoxy) is 1. The van der Waals surface area contributed by atoms with Gasteiger partial charge in [0.05, 0.1) is 24.6 Å². The molecule has 2 rings (SSSR count). The second-order valence-electron chi connectivity index (χ2n) is 3.95. The molecule has 2 heterocycles. The van der Waals surface area contributed by atoms with Gasteiger partial charge in [-0.1, -0.05) is 0 Å². The third kappa shape index (κ3) is 2.67. The molecule has 1 aromatic rings. The van der Waals surface area contributed by atoms with Crippen LogP contribution in [0.3, 0.4) is 0 Å². The highest BCUT2D eigenvalue weighted by molar-refractivity contribution is 9.10. The van der Waals surface area contributed by atoms with Crippen LogP contribution < -0.4 is 4.90 Å². The van der Waals surface area contributed by atoms with E-state index >= 15 is 0 Å². The topological polar surface area (TPSA) is 25.4 Å². The lowest BCUT2D eigenvalue weighted by atomic mass is 10.2. The number of halogens is 2. The van der Waals surface area contributed by atoms with Crippen molar-refractivity contribution in [3.05, 3.63) is 22.8 Å². The molecule has 1 saturated heterocycles. The van der Waals surface area contributed by atoms with Crippen molar-refractivity contribution < 1.29 is 4.74 Å². The van der Waals surface area contributed by atoms with Crippen LogP contribution in [0.25, 0.3) is 0 Å². The first-order valence-corrected chi connectivity index (χ1v) is 6.59. The van der Waals surface area contributed by atoms with E-state index in [4.69, 9.17) is 16.3 Å². The van der Waals surface area contributed by atoms with Gasteiger partial charge in [0.1, 0.15) is 5.82 Å². The van der Waals surface area contributed by atoms with Gasteiger partial charge in [0.2, 0.25) is 0 Å². The van der Waals surface area contributed by atoms with Gasteiger partial charge in [-0.2, -0.15) is 0 Å². The summed E-state index contributed by atoms with van der Waals surface area (Å²) < 4.78 is 6.60. The molecule has 3 nitrogen and oxygen atoms in total. The van der Waals surface area contributed by atoms with Crippen molar-refractivity contribution in [1.82, 2.24) is 4.98 Å². The van der Waals surface area contributed by atoms with Gasteiger partial charge in [0.15, 0.2) is 0 Å². The molecule has 0 radical (unpaired) electrons. The number of nitrogens with zero attached hydrogens (tertiary/aromatic N) is 2. The lowest BCUT2D eigenvalue weighted by Crippen LogP contribution is -2.49. The van der Waals surface area contributed by atoms with E-state index in [-0.39, 0.29) is 6.10 Å². The molecule has 1 fully saturated rings. The maximum absolute atomic E-state index is 5.83. The molecule has 0 N–H and O–H groups in total. The minimum atomic E-state index is 0.100. The number of hydrogen-bond acceptors (Lipinski definition) is 3. The third-order valence-electron chi connectivity index (χ3n) is 2.68. The van der Waals surface area contributed by atoms with Crippen LogP contribution >= 0.6 is 27.5 Å². The summed E-state index contributed by atoms with van der Waals surface area (Å²) in [5.41, 5.74) is 0. The Morgan fingerprint density at radius 3 is 3.06 bits per heavy atom. The first kappa shape index (κ1) is 12.1. The smallest absolute Gasteiger partial charge is 0.128 e. The Labute approximate surface area is 109 Å². The summed E-state index contributed by atoms with van der Waals surface area (Å²) >= 11 is 9.21. The van der Waals surface area contributed by atoms with Gasteiger partial charge >= 0.3 is 0 Å². The van der Waals surface area contributed by atoms with Gasteiger partial charge in [-0.05, 0) is 35.0 Å². The average Bonchev–Trinajstić information content (AvgIpc) is 2.31. The predicted molar refractivity (Wildman–Crippen MR) is 69.2 cm³/mol. The van der Waals surface area contributed by atoms with Gasteiger partial charge < -0.3 is 9.64 Å². The van der Waals surface area contributed by atoms with Crippen LogP contribution in [0.5, 0.6) is 0 Å². The summed E-state index contributed by atoms with van der Waals surface area (Å²) in [5.74, 6) is 1.51. The minimum absolute atomic E-state index is 0.100. The van der Waals surface area contributed by atoms with Crippen LogP contribution in [-0.2, 0) is 4.74 Å². The van der Waals surface area contributed by atoms with Crippen LogP contribution in [0.1, 0.15) is 6.92 Å². The summed E-state index contributed by atoms with van der Waals surface area (Å²) in [6.45, 7) is 3.64. The van der Waals surface area contributed by atoms with Gasteiger partial charge in [-0.3, -0.25) is 0 Å². The minimum Gasteiger partial charge on any atom is -0.373 e. The molecule has 2 unspecified atom stereocenters. The fraction of sp³-hybridized carbons (Fsp3) is 0.545. The lowest BCUT2D eigenvalue weighted by Gasteiger charge is -2.38. The Bertz CT molecular complexity index is 346. The van der Waals surface area contributed by atoms with Crippen molar-refractivity contribution in [2.75, 3.05) is 23.9 Å². The van der Waals surface area contributed by atoms with E-state index in [0.717, 1.165) is 16.8 Å². The summed E-state index contributed by atoms with van der Waals surface area (Å²) in [4.78, 5) is 6.64. The zero-order valence-electron chi connectivity index (χ0n) is 9.07. The second kappa shape index (κ2) is 5.34. The molecule has 88 valence electrons. The molecule has 1 aromatic heterocycles. The number of anilines is 1. The highest BCUT2D eigenvalue weighted by Crippen LogP contribution is 2.21. The predicted octanol–water partition coefficient (Wildman–Crippen LogP) is 2.68. The highest BCUT2D eigenvalue weighted by atomic mass is 79.9. The Hall–Kier alpha value is -0.320. The Morgan fingerprint density at radius 1 is 1.62 bits per heavy atom. The largest absolute Gasteiger partial charge is 0.373 e. The molecule has 0 aliphatic carbocycles. The van der Waals surface area contributed by atoms with E-state index in [0.29, 0.717) is 18.5 Å². The summed E-state index contributed by atoms with van der Waals surface area (Å²) in [6.07, 6.45) is 1.91. The van der Waals surface area contributed by atoms with Crippen LogP contribution in [-0.4, -0.2) is 36.2 Å². The summed E-state index contributed by atoms with van der Waals surface area (Å²) in [5, 5.41) is 0. The number of pyridine rings is 1. The standard InChI is InChI=1S/C11H14BrClN2O/c1-8-7-16-10(4-13)6-15(8)11-3-2-9(12)5-14-11/h2-3,5,8,10H,4,6-7H2,1H3. The first-order valence-electron chi connectivity index (χ1n) is 5.26. The van der Waals surface area contributed by atoms with Crippen molar-refractivity contribution in [1.29, 1.82) is 0 Å². The maximum atomic E-state index is 5.83. The molecular formula is C11H14BrClN2O. The lowest BCUT2D eigenvalue weighted by molar-refractivity contribution is 0.0361. The molecule has 0 aromatic carbocycles. The van der Waals surface area contributed by atoms with Crippen LogP contribution in [0.15, 0.2) is 22.8 Å². The van der Waals surface area contributed by atoms with Crippen LogP contribution in [0.4, 0.5) is 5.82 Å². The average molecular weight is 306 g/mol. The van der Waals surface area contributed by atoms with E-state index in [9.17, 15) is 0 Å². The molecule has 16 heavy (non-hydrogen) atoms. The zero-order chi connectivity index (χ0) is 11.5. The molecule has 0 saturated carbocycles. The maximum Gasteiger partial charge on any atom is 0.128 e. The van der Waals surface area contributed by atoms with Crippen LogP contribution in [0, 0.1) is 0 Å². The number of rotatable bonds is 2. The summed E-state index contributed by atoms with van der Waals surface area (Å²) in [7, 11) is 0. The Morgan fingerprint density at radius 2 is 2.44 bits per heavy atom. The SMILES string of the molecule is CC1COC(CCl)CN1c1ccc(Br)cn1. The van der Waals surface area contributed by atoms with E-state index in [1.54, 1.807) is 0 Å². The highest BCUT2D eigenvalue weighted by Gasteiger charge is 2.26. The normalized spacial score (nSPS) is 25.8. The monoisotopic (exact) mass is 304 g/mol. The van der Waals surface area contributed by atoms with Gasteiger partial charge in [-0.25, -0.2) is 4.98 Å². The fourth-order valence-electron chi connectivity index (χ4n) is 1.77. The molecule has 0 amide bonds. The van der Waals surface area contributed by atoms with E-state index < -0.39 is 0 Å².